The number of benzene rings is 2. The monoisotopic (exact) mass is 436 g/mol. The predicted octanol–water partition coefficient (Wildman–Crippen LogP) is 3.68. The number of nitrogens with zero attached hydrogens (tertiary/aromatic N) is 2. The van der Waals surface area contributed by atoms with Crippen molar-refractivity contribution in [2.45, 2.75) is 13.0 Å². The van der Waals surface area contributed by atoms with Crippen LogP contribution in [-0.2, 0) is 20.9 Å². The molecule has 3 aromatic rings. The number of carbonyl (C=O) groups excluding carboxylic acids is 2. The molecule has 0 spiro atoms. The minimum absolute atomic E-state index is 0.0941. The maximum absolute atomic E-state index is 12.6. The van der Waals surface area contributed by atoms with Crippen LogP contribution in [0, 0.1) is 5.92 Å². The van der Waals surface area contributed by atoms with Gasteiger partial charge in [-0.1, -0.05) is 30.3 Å². The van der Waals surface area contributed by atoms with Gasteiger partial charge in [0.1, 0.15) is 24.8 Å². The van der Waals surface area contributed by atoms with E-state index in [1.807, 2.05) is 35.7 Å². The minimum atomic E-state index is -0.507. The summed E-state index contributed by atoms with van der Waals surface area (Å²) in [6.07, 6.45) is 0.125. The van der Waals surface area contributed by atoms with Crippen LogP contribution in [0.4, 0.5) is 5.69 Å². The van der Waals surface area contributed by atoms with Crippen LogP contribution in [0.2, 0.25) is 0 Å². The first-order valence-electron chi connectivity index (χ1n) is 10.0. The molecule has 5 rings (SSSR count). The van der Waals surface area contributed by atoms with Crippen molar-refractivity contribution in [3.63, 3.8) is 0 Å². The van der Waals surface area contributed by atoms with Crippen molar-refractivity contribution < 1.29 is 23.8 Å². The number of anilines is 1. The molecule has 8 heteroatoms. The van der Waals surface area contributed by atoms with E-state index in [-0.39, 0.29) is 31.4 Å². The summed E-state index contributed by atoms with van der Waals surface area (Å²) in [6.45, 7) is 1.36. The van der Waals surface area contributed by atoms with Gasteiger partial charge in [0, 0.05) is 35.7 Å². The van der Waals surface area contributed by atoms with Gasteiger partial charge in [0.25, 0.3) is 0 Å². The molecule has 1 unspecified atom stereocenters. The van der Waals surface area contributed by atoms with Crippen molar-refractivity contribution in [3.05, 3.63) is 59.6 Å². The zero-order valence-corrected chi connectivity index (χ0v) is 17.5. The minimum Gasteiger partial charge on any atom is -0.486 e. The smallest absolute Gasteiger partial charge is 0.311 e. The number of rotatable bonds is 5. The van der Waals surface area contributed by atoms with E-state index in [1.54, 1.807) is 23.1 Å². The van der Waals surface area contributed by atoms with Gasteiger partial charge in [-0.15, -0.1) is 11.3 Å². The average molecular weight is 436 g/mol. The van der Waals surface area contributed by atoms with Crippen LogP contribution >= 0.6 is 11.3 Å². The molecule has 1 atom stereocenters. The molecule has 158 valence electrons. The summed E-state index contributed by atoms with van der Waals surface area (Å²) >= 11 is 1.51. The normalized spacial score (nSPS) is 17.6. The lowest BCUT2D eigenvalue weighted by atomic mass is 10.1. The fourth-order valence-corrected chi connectivity index (χ4v) is 4.47. The quantitative estimate of drug-likeness (QED) is 0.568. The molecule has 1 saturated heterocycles. The summed E-state index contributed by atoms with van der Waals surface area (Å²) in [7, 11) is 0. The van der Waals surface area contributed by atoms with Crippen LogP contribution in [-0.4, -0.2) is 36.6 Å². The first kappa shape index (κ1) is 19.6. The predicted molar refractivity (Wildman–Crippen MR) is 115 cm³/mol. The van der Waals surface area contributed by atoms with E-state index in [1.165, 1.54) is 11.3 Å². The number of carbonyl (C=O) groups is 2. The standard InChI is InChI=1S/C23H20N2O5S/c26-21-10-16(12-25(21)18-6-7-19-20(11-18)29-9-8-28-19)23(27)30-13-17-14-31-22(24-17)15-4-2-1-3-5-15/h1-7,11,14,16H,8-10,12-13H2. The Hall–Kier alpha value is -3.39. The molecule has 7 nitrogen and oxygen atoms in total. The molecule has 2 aliphatic heterocycles. The Balaban J connectivity index is 1.20. The number of hydrogen-bond acceptors (Lipinski definition) is 7. The van der Waals surface area contributed by atoms with Gasteiger partial charge >= 0.3 is 5.97 Å². The van der Waals surface area contributed by atoms with Gasteiger partial charge in [-0.3, -0.25) is 9.59 Å². The van der Waals surface area contributed by atoms with E-state index in [0.29, 0.717) is 36.1 Å². The number of hydrogen-bond donors (Lipinski definition) is 0. The first-order chi connectivity index (χ1) is 15.2. The zero-order chi connectivity index (χ0) is 21.2. The van der Waals surface area contributed by atoms with E-state index in [2.05, 4.69) is 4.98 Å². The van der Waals surface area contributed by atoms with Gasteiger partial charge in [0.05, 0.1) is 11.6 Å². The van der Waals surface area contributed by atoms with E-state index in [4.69, 9.17) is 14.2 Å². The SMILES string of the molecule is O=C(OCc1csc(-c2ccccc2)n1)C1CC(=O)N(c2ccc3c(c2)OCCO3)C1. The number of fused-ring (bicyclic) bond motifs is 1. The second-order valence-corrected chi connectivity index (χ2v) is 8.21. The van der Waals surface area contributed by atoms with E-state index >= 15 is 0 Å². The summed E-state index contributed by atoms with van der Waals surface area (Å²) in [5, 5.41) is 2.77. The second kappa shape index (κ2) is 8.39. The topological polar surface area (TPSA) is 78.0 Å². The van der Waals surface area contributed by atoms with Gasteiger partial charge < -0.3 is 19.1 Å². The van der Waals surface area contributed by atoms with E-state index < -0.39 is 5.92 Å². The molecule has 31 heavy (non-hydrogen) atoms. The molecule has 0 radical (unpaired) electrons. The first-order valence-corrected chi connectivity index (χ1v) is 10.9. The van der Waals surface area contributed by atoms with Gasteiger partial charge in [-0.25, -0.2) is 4.98 Å². The number of aromatic nitrogens is 1. The van der Waals surface area contributed by atoms with Crippen LogP contribution < -0.4 is 14.4 Å². The average Bonchev–Trinajstić information content (AvgIpc) is 3.45. The molecule has 0 N–H and O–H groups in total. The Kier molecular flexibility index (Phi) is 5.30. The number of esters is 1. The third-order valence-electron chi connectivity index (χ3n) is 5.23. The summed E-state index contributed by atoms with van der Waals surface area (Å²) < 4.78 is 16.6. The summed E-state index contributed by atoms with van der Waals surface area (Å²) in [4.78, 5) is 31.2. The van der Waals surface area contributed by atoms with Crippen molar-refractivity contribution in [2.75, 3.05) is 24.7 Å². The molecule has 0 aliphatic carbocycles. The van der Waals surface area contributed by atoms with Crippen molar-refractivity contribution in [1.82, 2.24) is 4.98 Å². The maximum Gasteiger partial charge on any atom is 0.311 e. The van der Waals surface area contributed by atoms with Gasteiger partial charge in [-0.2, -0.15) is 0 Å². The fourth-order valence-electron chi connectivity index (χ4n) is 3.66. The number of amides is 1. The zero-order valence-electron chi connectivity index (χ0n) is 16.7. The number of thiazole rings is 1. The molecule has 1 fully saturated rings. The highest BCUT2D eigenvalue weighted by atomic mass is 32.1. The van der Waals surface area contributed by atoms with Crippen LogP contribution in [0.5, 0.6) is 11.5 Å². The highest BCUT2D eigenvalue weighted by molar-refractivity contribution is 7.13. The third-order valence-corrected chi connectivity index (χ3v) is 6.17. The summed E-state index contributed by atoms with van der Waals surface area (Å²) in [5.41, 5.74) is 2.42. The van der Waals surface area contributed by atoms with E-state index in [0.717, 1.165) is 10.6 Å². The van der Waals surface area contributed by atoms with Crippen LogP contribution in [0.3, 0.4) is 0 Å². The molecular weight excluding hydrogens is 416 g/mol. The van der Waals surface area contributed by atoms with Gasteiger partial charge in [0.15, 0.2) is 11.5 Å². The highest BCUT2D eigenvalue weighted by Gasteiger charge is 2.36. The Morgan fingerprint density at radius 2 is 1.94 bits per heavy atom. The van der Waals surface area contributed by atoms with Crippen molar-refractivity contribution in [3.8, 4) is 22.1 Å². The van der Waals surface area contributed by atoms with Crippen molar-refractivity contribution in [2.24, 2.45) is 5.92 Å². The molecular formula is C23H20N2O5S. The lowest BCUT2D eigenvalue weighted by molar-refractivity contribution is -0.149. The Bertz CT molecular complexity index is 1110. The molecule has 1 aromatic heterocycles. The lowest BCUT2D eigenvalue weighted by Gasteiger charge is -2.22. The molecule has 2 aromatic carbocycles. The van der Waals surface area contributed by atoms with Gasteiger partial charge in [0.2, 0.25) is 5.91 Å². The summed E-state index contributed by atoms with van der Waals surface area (Å²) in [5.74, 6) is 0.269. The Labute approximate surface area is 183 Å². The molecule has 0 bridgehead atoms. The number of ether oxygens (including phenoxy) is 3. The van der Waals surface area contributed by atoms with Crippen molar-refractivity contribution >= 4 is 28.9 Å². The van der Waals surface area contributed by atoms with Gasteiger partial charge in [-0.05, 0) is 12.1 Å². The Morgan fingerprint density at radius 1 is 1.13 bits per heavy atom. The molecule has 2 aliphatic rings. The largest absolute Gasteiger partial charge is 0.486 e. The third kappa shape index (κ3) is 4.11. The maximum atomic E-state index is 12.6. The second-order valence-electron chi connectivity index (χ2n) is 7.35. The highest BCUT2D eigenvalue weighted by Crippen LogP contribution is 2.36. The van der Waals surface area contributed by atoms with Crippen LogP contribution in [0.15, 0.2) is 53.9 Å². The fraction of sp³-hybridized carbons (Fsp3) is 0.261. The summed E-state index contributed by atoms with van der Waals surface area (Å²) in [6, 6.07) is 15.2. The van der Waals surface area contributed by atoms with Crippen LogP contribution in [0.1, 0.15) is 12.1 Å². The molecule has 0 saturated carbocycles. The van der Waals surface area contributed by atoms with Crippen LogP contribution in [0.25, 0.3) is 10.6 Å². The Morgan fingerprint density at radius 3 is 2.77 bits per heavy atom. The van der Waals surface area contributed by atoms with Crippen molar-refractivity contribution in [1.29, 1.82) is 0 Å². The van der Waals surface area contributed by atoms with E-state index in [9.17, 15) is 9.59 Å². The molecule has 3 heterocycles. The molecule has 1 amide bonds. The lowest BCUT2D eigenvalue weighted by Crippen LogP contribution is -2.26.